The van der Waals surface area contributed by atoms with E-state index in [0.29, 0.717) is 6.54 Å². The molecule has 0 bridgehead atoms. The van der Waals surface area contributed by atoms with Crippen molar-refractivity contribution in [3.05, 3.63) is 12.2 Å². The summed E-state index contributed by atoms with van der Waals surface area (Å²) >= 11 is 0. The summed E-state index contributed by atoms with van der Waals surface area (Å²) in [5, 5.41) is 11.3. The number of aliphatic carboxylic acids is 1. The largest absolute Gasteiger partial charge is 0.481 e. The summed E-state index contributed by atoms with van der Waals surface area (Å²) in [5.41, 5.74) is 0.120. The van der Waals surface area contributed by atoms with E-state index < -0.39 is 5.97 Å². The second-order valence-corrected chi connectivity index (χ2v) is 5.61. The highest BCUT2D eigenvalue weighted by Gasteiger charge is 2.09. The summed E-state index contributed by atoms with van der Waals surface area (Å²) in [4.78, 5) is 21.9. The van der Waals surface area contributed by atoms with Crippen molar-refractivity contribution < 1.29 is 14.7 Å². The van der Waals surface area contributed by atoms with Crippen molar-refractivity contribution in [2.24, 2.45) is 0 Å². The van der Waals surface area contributed by atoms with E-state index in [1.165, 1.54) is 51.4 Å². The fourth-order valence-corrected chi connectivity index (χ4v) is 2.20. The predicted octanol–water partition coefficient (Wildman–Crippen LogP) is 4.05. The van der Waals surface area contributed by atoms with Gasteiger partial charge in [-0.3, -0.25) is 9.59 Å². The molecule has 0 radical (unpaired) electrons. The second-order valence-electron chi connectivity index (χ2n) is 5.61. The number of nitrogens with one attached hydrogen (secondary N) is 1. The van der Waals surface area contributed by atoms with E-state index >= 15 is 0 Å². The van der Waals surface area contributed by atoms with Gasteiger partial charge in [0, 0.05) is 12.1 Å². The molecule has 0 fully saturated rings. The molecule has 0 aromatic rings. The van der Waals surface area contributed by atoms with Gasteiger partial charge in [0.05, 0.1) is 6.42 Å². The Balaban J connectivity index is 3.30. The minimum Gasteiger partial charge on any atom is -0.481 e. The lowest BCUT2D eigenvalue weighted by molar-refractivity contribution is -0.137. The van der Waals surface area contributed by atoms with E-state index in [2.05, 4.69) is 18.8 Å². The molecule has 0 unspecified atom stereocenters. The maximum Gasteiger partial charge on any atom is 0.308 e. The fraction of sp³-hybridized carbons (Fsp3) is 0.765. The predicted molar refractivity (Wildman–Crippen MR) is 86.2 cm³/mol. The Morgan fingerprint density at radius 3 is 1.86 bits per heavy atom. The number of rotatable bonds is 14. The minimum absolute atomic E-state index is 0.120. The van der Waals surface area contributed by atoms with Crippen molar-refractivity contribution in [3.8, 4) is 0 Å². The quantitative estimate of drug-likeness (QED) is 0.375. The van der Waals surface area contributed by atoms with Gasteiger partial charge < -0.3 is 10.4 Å². The van der Waals surface area contributed by atoms with Crippen LogP contribution in [0.25, 0.3) is 0 Å². The van der Waals surface area contributed by atoms with Crippen LogP contribution in [0, 0.1) is 0 Å². The normalized spacial score (nSPS) is 10.3. The Morgan fingerprint density at radius 2 is 1.38 bits per heavy atom. The molecule has 0 atom stereocenters. The smallest absolute Gasteiger partial charge is 0.308 e. The Hall–Kier alpha value is -1.32. The van der Waals surface area contributed by atoms with Gasteiger partial charge in [0.25, 0.3) is 0 Å². The van der Waals surface area contributed by atoms with E-state index in [1.807, 2.05) is 0 Å². The summed E-state index contributed by atoms with van der Waals surface area (Å²) in [6, 6.07) is 0. The van der Waals surface area contributed by atoms with Gasteiger partial charge in [0.15, 0.2) is 0 Å². The molecule has 0 aromatic carbocycles. The van der Waals surface area contributed by atoms with Gasteiger partial charge in [0.1, 0.15) is 0 Å². The standard InChI is InChI=1S/C17H31NO3/c1-3-4-5-6-7-8-9-10-11-12-13-18-17(21)15(2)14-16(19)20/h2-14H2,1H3,(H,18,21)(H,19,20). The molecule has 0 aliphatic rings. The zero-order valence-electron chi connectivity index (χ0n) is 13.5. The molecular weight excluding hydrogens is 266 g/mol. The van der Waals surface area contributed by atoms with Crippen LogP contribution < -0.4 is 5.32 Å². The van der Waals surface area contributed by atoms with Crippen LogP contribution in [0.5, 0.6) is 0 Å². The third-order valence-electron chi connectivity index (χ3n) is 3.50. The molecule has 1 amide bonds. The highest BCUT2D eigenvalue weighted by molar-refractivity contribution is 5.96. The summed E-state index contributed by atoms with van der Waals surface area (Å²) < 4.78 is 0. The van der Waals surface area contributed by atoms with Crippen LogP contribution in [0.15, 0.2) is 12.2 Å². The summed E-state index contributed by atoms with van der Waals surface area (Å²) in [7, 11) is 0. The molecule has 0 spiro atoms. The molecule has 0 aliphatic carbocycles. The molecule has 0 aromatic heterocycles. The molecule has 122 valence electrons. The average Bonchev–Trinajstić information content (AvgIpc) is 2.43. The first-order valence-corrected chi connectivity index (χ1v) is 8.25. The van der Waals surface area contributed by atoms with Gasteiger partial charge in [-0.1, -0.05) is 71.3 Å². The molecule has 21 heavy (non-hydrogen) atoms. The first kappa shape index (κ1) is 19.7. The number of carboxylic acids is 1. The fourth-order valence-electron chi connectivity index (χ4n) is 2.20. The maximum absolute atomic E-state index is 11.5. The molecule has 2 N–H and O–H groups in total. The zero-order chi connectivity index (χ0) is 15.9. The van der Waals surface area contributed by atoms with Crippen LogP contribution >= 0.6 is 0 Å². The van der Waals surface area contributed by atoms with Gasteiger partial charge in [-0.15, -0.1) is 0 Å². The molecule has 0 aliphatic heterocycles. The van der Waals surface area contributed by atoms with Crippen molar-refractivity contribution >= 4 is 11.9 Å². The maximum atomic E-state index is 11.5. The van der Waals surface area contributed by atoms with Crippen molar-refractivity contribution in [1.29, 1.82) is 0 Å². The van der Waals surface area contributed by atoms with Crippen molar-refractivity contribution in [2.75, 3.05) is 6.54 Å². The summed E-state index contributed by atoms with van der Waals surface area (Å²) in [6.45, 7) is 6.31. The summed E-state index contributed by atoms with van der Waals surface area (Å²) in [6.07, 6.45) is 12.3. The summed E-state index contributed by atoms with van der Waals surface area (Å²) in [5.74, 6) is -1.36. The van der Waals surface area contributed by atoms with Crippen molar-refractivity contribution in [2.45, 2.75) is 77.6 Å². The van der Waals surface area contributed by atoms with Gasteiger partial charge in [-0.2, -0.15) is 0 Å². The number of amides is 1. The van der Waals surface area contributed by atoms with Crippen LogP contribution in [-0.2, 0) is 9.59 Å². The number of carbonyl (C=O) groups is 2. The van der Waals surface area contributed by atoms with Crippen LogP contribution in [0.2, 0.25) is 0 Å². The average molecular weight is 297 g/mol. The Bertz CT molecular complexity index is 313. The molecule has 0 saturated heterocycles. The molecule has 0 heterocycles. The van der Waals surface area contributed by atoms with Crippen LogP contribution in [0.1, 0.15) is 77.6 Å². The first-order valence-electron chi connectivity index (χ1n) is 8.25. The van der Waals surface area contributed by atoms with Crippen molar-refractivity contribution in [3.63, 3.8) is 0 Å². The SMILES string of the molecule is C=C(CC(=O)O)C(=O)NCCCCCCCCCCCC. The third kappa shape index (κ3) is 13.4. The van der Waals surface area contributed by atoms with E-state index in [1.54, 1.807) is 0 Å². The topological polar surface area (TPSA) is 66.4 Å². The molecule has 4 heteroatoms. The highest BCUT2D eigenvalue weighted by Crippen LogP contribution is 2.10. The Labute approximate surface area is 129 Å². The number of carbonyl (C=O) groups excluding carboxylic acids is 1. The Kier molecular flexibility index (Phi) is 12.8. The zero-order valence-corrected chi connectivity index (χ0v) is 13.5. The minimum atomic E-state index is -1.02. The van der Waals surface area contributed by atoms with Gasteiger partial charge >= 0.3 is 5.97 Å². The van der Waals surface area contributed by atoms with Crippen LogP contribution in [-0.4, -0.2) is 23.5 Å². The lowest BCUT2D eigenvalue weighted by Gasteiger charge is -2.06. The van der Waals surface area contributed by atoms with Crippen molar-refractivity contribution in [1.82, 2.24) is 5.32 Å². The Morgan fingerprint density at radius 1 is 0.905 bits per heavy atom. The lowest BCUT2D eigenvalue weighted by Crippen LogP contribution is -2.26. The monoisotopic (exact) mass is 297 g/mol. The van der Waals surface area contributed by atoms with Gasteiger partial charge in [-0.25, -0.2) is 0 Å². The first-order chi connectivity index (χ1) is 10.1. The third-order valence-corrected chi connectivity index (χ3v) is 3.50. The van der Waals surface area contributed by atoms with Gasteiger partial charge in [0.2, 0.25) is 5.91 Å². The van der Waals surface area contributed by atoms with E-state index in [-0.39, 0.29) is 17.9 Å². The molecule has 0 saturated carbocycles. The highest BCUT2D eigenvalue weighted by atomic mass is 16.4. The number of carboxylic acid groups (broad SMARTS) is 1. The lowest BCUT2D eigenvalue weighted by atomic mass is 10.1. The molecule has 0 rings (SSSR count). The molecule has 4 nitrogen and oxygen atoms in total. The van der Waals surface area contributed by atoms with Crippen LogP contribution in [0.4, 0.5) is 0 Å². The molecular formula is C17H31NO3. The van der Waals surface area contributed by atoms with E-state index in [4.69, 9.17) is 5.11 Å². The van der Waals surface area contributed by atoms with Gasteiger partial charge in [-0.05, 0) is 6.42 Å². The second kappa shape index (κ2) is 13.7. The number of hydrogen-bond donors (Lipinski definition) is 2. The van der Waals surface area contributed by atoms with E-state index in [9.17, 15) is 9.59 Å². The number of unbranched alkanes of at least 4 members (excludes halogenated alkanes) is 9. The number of hydrogen-bond acceptors (Lipinski definition) is 2. The van der Waals surface area contributed by atoms with E-state index in [0.717, 1.165) is 12.8 Å². The van der Waals surface area contributed by atoms with Crippen LogP contribution in [0.3, 0.4) is 0 Å².